The van der Waals surface area contributed by atoms with Gasteiger partial charge in [0.1, 0.15) is 5.82 Å². The van der Waals surface area contributed by atoms with E-state index in [1.54, 1.807) is 26.8 Å². The lowest BCUT2D eigenvalue weighted by atomic mass is 10.1. The van der Waals surface area contributed by atoms with Crippen molar-refractivity contribution in [3.63, 3.8) is 0 Å². The van der Waals surface area contributed by atoms with Gasteiger partial charge in [-0.25, -0.2) is 9.18 Å². The van der Waals surface area contributed by atoms with E-state index in [1.165, 1.54) is 6.07 Å². The summed E-state index contributed by atoms with van der Waals surface area (Å²) in [5.41, 5.74) is 0.385. The minimum absolute atomic E-state index is 0.0319. The first-order valence-electron chi connectivity index (χ1n) is 4.58. The van der Waals surface area contributed by atoms with Crippen molar-refractivity contribution in [1.82, 2.24) is 0 Å². The molecule has 82 valence electrons. The number of benzene rings is 1. The van der Waals surface area contributed by atoms with Crippen LogP contribution in [-0.2, 0) is 4.74 Å². The molecule has 0 radical (unpaired) electrons. The van der Waals surface area contributed by atoms with Crippen molar-refractivity contribution in [3.05, 3.63) is 33.5 Å². The third-order valence-electron chi connectivity index (χ3n) is 1.78. The number of halogens is 2. The first kappa shape index (κ1) is 12.2. The van der Waals surface area contributed by atoms with E-state index >= 15 is 0 Å². The van der Waals surface area contributed by atoms with Gasteiger partial charge in [0.2, 0.25) is 0 Å². The summed E-state index contributed by atoms with van der Waals surface area (Å²) < 4.78 is 19.2. The zero-order valence-corrected chi connectivity index (χ0v) is 10.4. The highest BCUT2D eigenvalue weighted by atomic mass is 79.9. The maximum Gasteiger partial charge on any atom is 0.341 e. The Balaban J connectivity index is 3.08. The number of ether oxygens (including phenoxy) is 1. The highest BCUT2D eigenvalue weighted by Gasteiger charge is 2.16. The molecule has 0 saturated carbocycles. The van der Waals surface area contributed by atoms with Crippen molar-refractivity contribution >= 4 is 21.9 Å². The van der Waals surface area contributed by atoms with E-state index in [-0.39, 0.29) is 11.7 Å². The number of carbonyl (C=O) groups is 1. The maximum atomic E-state index is 13.6. The molecule has 2 nitrogen and oxygen atoms in total. The molecule has 0 bridgehead atoms. The minimum Gasteiger partial charge on any atom is -0.459 e. The van der Waals surface area contributed by atoms with Crippen LogP contribution >= 0.6 is 15.9 Å². The fourth-order valence-electron chi connectivity index (χ4n) is 1.15. The van der Waals surface area contributed by atoms with Gasteiger partial charge >= 0.3 is 5.97 Å². The van der Waals surface area contributed by atoms with Crippen LogP contribution in [0.3, 0.4) is 0 Å². The summed E-state index contributed by atoms with van der Waals surface area (Å²) in [6, 6.07) is 3.04. The van der Waals surface area contributed by atoms with Crippen LogP contribution in [0.4, 0.5) is 4.39 Å². The van der Waals surface area contributed by atoms with Crippen LogP contribution in [-0.4, -0.2) is 12.1 Å². The topological polar surface area (TPSA) is 26.3 Å². The van der Waals surface area contributed by atoms with Gasteiger partial charge in [0, 0.05) is 4.47 Å². The van der Waals surface area contributed by atoms with E-state index < -0.39 is 11.8 Å². The van der Waals surface area contributed by atoms with Gasteiger partial charge in [0.05, 0.1) is 11.7 Å². The number of rotatable bonds is 2. The fourth-order valence-corrected chi connectivity index (χ4v) is 1.72. The Morgan fingerprint density at radius 3 is 2.60 bits per heavy atom. The van der Waals surface area contributed by atoms with Crippen molar-refractivity contribution < 1.29 is 13.9 Å². The lowest BCUT2D eigenvalue weighted by molar-refractivity contribution is 0.0372. The Morgan fingerprint density at radius 2 is 2.07 bits per heavy atom. The summed E-state index contributed by atoms with van der Waals surface area (Å²) in [7, 11) is 0. The second kappa shape index (κ2) is 4.75. The van der Waals surface area contributed by atoms with E-state index in [0.717, 1.165) is 0 Å². The lowest BCUT2D eigenvalue weighted by Crippen LogP contribution is -2.13. The van der Waals surface area contributed by atoms with Crippen molar-refractivity contribution in [2.75, 3.05) is 0 Å². The van der Waals surface area contributed by atoms with E-state index in [4.69, 9.17) is 4.74 Å². The van der Waals surface area contributed by atoms with Crippen LogP contribution in [0.1, 0.15) is 29.8 Å². The second-order valence-corrected chi connectivity index (χ2v) is 4.45. The van der Waals surface area contributed by atoms with E-state index in [2.05, 4.69) is 15.9 Å². The summed E-state index contributed by atoms with van der Waals surface area (Å²) in [4.78, 5) is 11.5. The fraction of sp³-hybridized carbons (Fsp3) is 0.364. The monoisotopic (exact) mass is 274 g/mol. The minimum atomic E-state index is -0.632. The summed E-state index contributed by atoms with van der Waals surface area (Å²) in [6.45, 7) is 5.05. The van der Waals surface area contributed by atoms with Crippen LogP contribution in [0.5, 0.6) is 0 Å². The molecule has 0 aliphatic rings. The van der Waals surface area contributed by atoms with Crippen molar-refractivity contribution in [1.29, 1.82) is 0 Å². The zero-order chi connectivity index (χ0) is 11.6. The molecule has 0 N–H and O–H groups in total. The summed E-state index contributed by atoms with van der Waals surface area (Å²) in [6.07, 6.45) is -0.254. The average molecular weight is 275 g/mol. The predicted octanol–water partition coefficient (Wildman–Crippen LogP) is 3.46. The number of esters is 1. The van der Waals surface area contributed by atoms with E-state index in [0.29, 0.717) is 10.0 Å². The quantitative estimate of drug-likeness (QED) is 0.772. The van der Waals surface area contributed by atoms with Crippen LogP contribution in [0.15, 0.2) is 16.6 Å². The molecule has 0 unspecified atom stereocenters. The molecule has 0 aliphatic carbocycles. The number of hydrogen-bond acceptors (Lipinski definition) is 2. The lowest BCUT2D eigenvalue weighted by Gasteiger charge is -2.09. The van der Waals surface area contributed by atoms with E-state index in [9.17, 15) is 9.18 Å². The van der Waals surface area contributed by atoms with Crippen molar-refractivity contribution in [2.45, 2.75) is 26.9 Å². The van der Waals surface area contributed by atoms with Gasteiger partial charge in [-0.2, -0.15) is 0 Å². The first-order valence-corrected chi connectivity index (χ1v) is 5.37. The molecule has 0 heterocycles. The largest absolute Gasteiger partial charge is 0.459 e. The molecule has 15 heavy (non-hydrogen) atoms. The van der Waals surface area contributed by atoms with Crippen molar-refractivity contribution in [3.8, 4) is 0 Å². The van der Waals surface area contributed by atoms with Gasteiger partial charge < -0.3 is 4.74 Å². The summed E-state index contributed by atoms with van der Waals surface area (Å²) >= 11 is 3.21. The van der Waals surface area contributed by atoms with Gasteiger partial charge in [-0.15, -0.1) is 0 Å². The molecule has 0 amide bonds. The van der Waals surface area contributed by atoms with Crippen LogP contribution in [0.2, 0.25) is 0 Å². The molecule has 1 aromatic rings. The van der Waals surface area contributed by atoms with Crippen LogP contribution in [0.25, 0.3) is 0 Å². The molecule has 0 fully saturated rings. The SMILES string of the molecule is Cc1cc(Br)cc(C(=O)OC(C)C)c1F. The molecular formula is C11H12BrFO2. The molecule has 4 heteroatoms. The second-order valence-electron chi connectivity index (χ2n) is 3.54. The molecule has 1 aromatic carbocycles. The highest BCUT2D eigenvalue weighted by molar-refractivity contribution is 9.10. The Kier molecular flexibility index (Phi) is 3.85. The molecular weight excluding hydrogens is 263 g/mol. The smallest absolute Gasteiger partial charge is 0.341 e. The molecule has 0 aromatic heterocycles. The summed E-state index contributed by atoms with van der Waals surface area (Å²) in [5.74, 6) is -1.16. The van der Waals surface area contributed by atoms with Gasteiger partial charge in [-0.05, 0) is 38.5 Å². The molecule has 0 aliphatic heterocycles. The molecule has 0 saturated heterocycles. The third-order valence-corrected chi connectivity index (χ3v) is 2.24. The van der Waals surface area contributed by atoms with E-state index in [1.807, 2.05) is 0 Å². The number of hydrogen-bond donors (Lipinski definition) is 0. The molecule has 0 spiro atoms. The maximum absolute atomic E-state index is 13.6. The van der Waals surface area contributed by atoms with Gasteiger partial charge in [0.25, 0.3) is 0 Å². The van der Waals surface area contributed by atoms with Gasteiger partial charge in [-0.3, -0.25) is 0 Å². The zero-order valence-electron chi connectivity index (χ0n) is 8.80. The molecule has 1 rings (SSSR count). The Morgan fingerprint density at radius 1 is 1.47 bits per heavy atom. The normalized spacial score (nSPS) is 10.5. The number of carbonyl (C=O) groups excluding carboxylic acids is 1. The average Bonchev–Trinajstić information content (AvgIpc) is 2.09. The third kappa shape index (κ3) is 3.02. The first-order chi connectivity index (χ1) is 6.91. The van der Waals surface area contributed by atoms with Crippen molar-refractivity contribution in [2.24, 2.45) is 0 Å². The van der Waals surface area contributed by atoms with Gasteiger partial charge in [-0.1, -0.05) is 15.9 Å². The molecule has 0 atom stereocenters. The predicted molar refractivity (Wildman–Crippen MR) is 59.4 cm³/mol. The standard InChI is InChI=1S/C11H12BrFO2/c1-6(2)15-11(14)9-5-8(12)4-7(3)10(9)13/h4-6H,1-3H3. The highest BCUT2D eigenvalue weighted by Crippen LogP contribution is 2.20. The summed E-state index contributed by atoms with van der Waals surface area (Å²) in [5, 5.41) is 0. The van der Waals surface area contributed by atoms with Crippen LogP contribution in [0, 0.1) is 12.7 Å². The Hall–Kier alpha value is -0.900. The van der Waals surface area contributed by atoms with Gasteiger partial charge in [0.15, 0.2) is 0 Å². The van der Waals surface area contributed by atoms with Crippen LogP contribution < -0.4 is 0 Å². The Bertz CT molecular complexity index is 388. The number of aryl methyl sites for hydroxylation is 1. The Labute approximate surface area is 96.6 Å².